The third kappa shape index (κ3) is 6.27. The van der Waals surface area contributed by atoms with E-state index in [-0.39, 0.29) is 17.2 Å². The number of carboxylic acid groups (broad SMARTS) is 1. The van der Waals surface area contributed by atoms with Gasteiger partial charge in [0.25, 0.3) is 5.91 Å². The number of rotatable bonds is 9. The zero-order valence-corrected chi connectivity index (χ0v) is 19.4. The van der Waals surface area contributed by atoms with E-state index in [9.17, 15) is 19.5 Å². The van der Waals surface area contributed by atoms with E-state index < -0.39 is 17.9 Å². The second kappa shape index (κ2) is 11.4. The average Bonchev–Trinajstić information content (AvgIpc) is 3.23. The lowest BCUT2D eigenvalue weighted by molar-refractivity contribution is -0.139. The smallest absolute Gasteiger partial charge is 0.326 e. The van der Waals surface area contributed by atoms with E-state index in [1.165, 1.54) is 11.8 Å². The number of carbonyl (C=O) groups is 3. The van der Waals surface area contributed by atoms with Crippen molar-refractivity contribution in [2.24, 2.45) is 0 Å². The Balaban J connectivity index is 1.86. The Hall–Kier alpha value is -2.49. The van der Waals surface area contributed by atoms with Gasteiger partial charge in [-0.1, -0.05) is 30.3 Å². The van der Waals surface area contributed by atoms with Gasteiger partial charge >= 0.3 is 5.97 Å². The molecular weight excluding hydrogens is 446 g/mol. The molecule has 1 saturated heterocycles. The second-order valence-corrected chi connectivity index (χ2v) is 9.33. The molecule has 2 amide bonds. The predicted molar refractivity (Wildman–Crippen MR) is 132 cm³/mol. The quantitative estimate of drug-likeness (QED) is 0.359. The van der Waals surface area contributed by atoms with Crippen LogP contribution in [0.2, 0.25) is 0 Å². The van der Waals surface area contributed by atoms with Crippen LogP contribution in [0, 0.1) is 0 Å². The van der Waals surface area contributed by atoms with Gasteiger partial charge in [-0.3, -0.25) is 9.59 Å². The molecular formula is C23H27N3O4S2. The molecule has 0 spiro atoms. The Morgan fingerprint density at radius 1 is 1.22 bits per heavy atom. The molecule has 2 aromatic carbocycles. The van der Waals surface area contributed by atoms with Crippen LogP contribution in [0.1, 0.15) is 23.2 Å². The van der Waals surface area contributed by atoms with Crippen molar-refractivity contribution in [3.8, 4) is 11.1 Å². The number of hydrogen-bond acceptors (Lipinski definition) is 6. The molecule has 1 aliphatic heterocycles. The van der Waals surface area contributed by atoms with E-state index >= 15 is 0 Å². The third-order valence-corrected chi connectivity index (χ3v) is 6.29. The first-order chi connectivity index (χ1) is 15.4. The molecule has 1 fully saturated rings. The summed E-state index contributed by atoms with van der Waals surface area (Å²) >= 11 is 5.93. The number of hydrogen-bond donors (Lipinski definition) is 5. The number of amides is 2. The summed E-state index contributed by atoms with van der Waals surface area (Å²) in [4.78, 5) is 37.2. The molecule has 4 N–H and O–H groups in total. The molecule has 2 aromatic rings. The predicted octanol–water partition coefficient (Wildman–Crippen LogP) is 2.89. The van der Waals surface area contributed by atoms with Gasteiger partial charge in [-0.05, 0) is 54.2 Å². The normalized spacial score (nSPS) is 18.7. The van der Waals surface area contributed by atoms with E-state index in [1.807, 2.05) is 36.6 Å². The molecule has 3 unspecified atom stereocenters. The van der Waals surface area contributed by atoms with Gasteiger partial charge in [0.2, 0.25) is 5.91 Å². The summed E-state index contributed by atoms with van der Waals surface area (Å²) in [5.74, 6) is -1.06. The zero-order valence-electron chi connectivity index (χ0n) is 17.7. The summed E-state index contributed by atoms with van der Waals surface area (Å²) in [6.45, 7) is 0.677. The molecule has 0 aliphatic carbocycles. The molecule has 9 heteroatoms. The third-order valence-electron chi connectivity index (χ3n) is 5.25. The van der Waals surface area contributed by atoms with E-state index in [4.69, 9.17) is 0 Å². The van der Waals surface area contributed by atoms with Crippen LogP contribution >= 0.6 is 24.4 Å². The van der Waals surface area contributed by atoms with E-state index in [0.717, 1.165) is 5.56 Å². The lowest BCUT2D eigenvalue weighted by Crippen LogP contribution is -2.41. The van der Waals surface area contributed by atoms with Crippen LogP contribution in [0.3, 0.4) is 0 Å². The fourth-order valence-corrected chi connectivity index (χ4v) is 4.34. The highest BCUT2D eigenvalue weighted by molar-refractivity contribution is 7.98. The summed E-state index contributed by atoms with van der Waals surface area (Å²) in [6.07, 6.45) is 2.87. The van der Waals surface area contributed by atoms with Crippen LogP contribution < -0.4 is 16.0 Å². The topological polar surface area (TPSA) is 108 Å². The Bertz CT molecular complexity index is 971. The van der Waals surface area contributed by atoms with Gasteiger partial charge in [0, 0.05) is 23.0 Å². The molecule has 7 nitrogen and oxygen atoms in total. The van der Waals surface area contributed by atoms with Crippen LogP contribution in [0.4, 0.5) is 5.69 Å². The van der Waals surface area contributed by atoms with Crippen molar-refractivity contribution < 1.29 is 19.5 Å². The van der Waals surface area contributed by atoms with Crippen molar-refractivity contribution in [2.75, 3.05) is 23.9 Å². The molecule has 1 heterocycles. The minimum atomic E-state index is -1.07. The van der Waals surface area contributed by atoms with E-state index in [2.05, 4.69) is 28.6 Å². The molecule has 0 aromatic heterocycles. The van der Waals surface area contributed by atoms with Gasteiger partial charge in [0.15, 0.2) is 0 Å². The number of thioether (sulfide) groups is 1. The maximum Gasteiger partial charge on any atom is 0.326 e. The zero-order chi connectivity index (χ0) is 23.1. The first-order valence-corrected chi connectivity index (χ1v) is 12.2. The minimum absolute atomic E-state index is 0.144. The van der Waals surface area contributed by atoms with E-state index in [0.29, 0.717) is 42.0 Å². The SMILES string of the molecule is CSCCC(NC(=O)c1ccc(NC(=O)C2CC(S)CN2)cc1-c1ccccc1)C(=O)O. The average molecular weight is 474 g/mol. The Morgan fingerprint density at radius 2 is 1.97 bits per heavy atom. The molecule has 3 atom stereocenters. The van der Waals surface area contributed by atoms with E-state index in [1.54, 1.807) is 18.2 Å². The highest BCUT2D eigenvalue weighted by Crippen LogP contribution is 2.28. The van der Waals surface area contributed by atoms with Crippen molar-refractivity contribution in [1.82, 2.24) is 10.6 Å². The molecule has 32 heavy (non-hydrogen) atoms. The highest BCUT2D eigenvalue weighted by atomic mass is 32.2. The highest BCUT2D eigenvalue weighted by Gasteiger charge is 2.28. The van der Waals surface area contributed by atoms with Crippen LogP contribution in [0.5, 0.6) is 0 Å². The lowest BCUT2D eigenvalue weighted by Gasteiger charge is -2.17. The second-order valence-electron chi connectivity index (χ2n) is 7.61. The van der Waals surface area contributed by atoms with Gasteiger partial charge in [-0.15, -0.1) is 0 Å². The van der Waals surface area contributed by atoms with Crippen LogP contribution in [-0.4, -0.2) is 58.8 Å². The number of aliphatic carboxylic acids is 1. The van der Waals surface area contributed by atoms with Crippen molar-refractivity contribution in [3.63, 3.8) is 0 Å². The van der Waals surface area contributed by atoms with Crippen molar-refractivity contribution in [3.05, 3.63) is 54.1 Å². The number of carboxylic acids is 1. The first kappa shape index (κ1) is 24.2. The summed E-state index contributed by atoms with van der Waals surface area (Å²) in [7, 11) is 0. The largest absolute Gasteiger partial charge is 0.480 e. The van der Waals surface area contributed by atoms with Gasteiger partial charge in [0.1, 0.15) is 6.04 Å². The lowest BCUT2D eigenvalue weighted by atomic mass is 9.98. The van der Waals surface area contributed by atoms with Gasteiger partial charge in [-0.2, -0.15) is 24.4 Å². The minimum Gasteiger partial charge on any atom is -0.480 e. The van der Waals surface area contributed by atoms with Gasteiger partial charge in [-0.25, -0.2) is 4.79 Å². The maximum absolute atomic E-state index is 13.0. The number of carbonyl (C=O) groups excluding carboxylic acids is 2. The summed E-state index contributed by atoms with van der Waals surface area (Å²) in [6, 6.07) is 13.0. The molecule has 170 valence electrons. The Kier molecular flexibility index (Phi) is 8.60. The maximum atomic E-state index is 13.0. The number of benzene rings is 2. The monoisotopic (exact) mass is 473 g/mol. The molecule has 0 radical (unpaired) electrons. The molecule has 3 rings (SSSR count). The Labute approximate surface area is 197 Å². The number of thiol groups is 1. The Morgan fingerprint density at radius 3 is 2.59 bits per heavy atom. The van der Waals surface area contributed by atoms with Gasteiger partial charge < -0.3 is 21.1 Å². The van der Waals surface area contributed by atoms with Gasteiger partial charge in [0.05, 0.1) is 6.04 Å². The fraction of sp³-hybridized carbons (Fsp3) is 0.348. The molecule has 0 bridgehead atoms. The van der Waals surface area contributed by atoms with Crippen molar-refractivity contribution in [2.45, 2.75) is 30.2 Å². The van der Waals surface area contributed by atoms with Crippen LogP contribution in [0.25, 0.3) is 11.1 Å². The van der Waals surface area contributed by atoms with Crippen molar-refractivity contribution in [1.29, 1.82) is 0 Å². The standard InChI is InChI=1S/C23H27N3O4S2/c1-32-10-9-19(23(29)30)26-21(27)17-8-7-15(11-18(17)14-5-3-2-4-6-14)25-22(28)20-12-16(31)13-24-20/h2-8,11,16,19-20,24,31H,9-10,12-13H2,1H3,(H,25,28)(H,26,27)(H,29,30). The molecule has 0 saturated carbocycles. The fourth-order valence-electron chi connectivity index (χ4n) is 3.55. The summed E-state index contributed by atoms with van der Waals surface area (Å²) in [5.41, 5.74) is 2.31. The molecule has 1 aliphatic rings. The van der Waals surface area contributed by atoms with Crippen LogP contribution in [-0.2, 0) is 9.59 Å². The number of nitrogens with one attached hydrogen (secondary N) is 3. The van der Waals surface area contributed by atoms with Crippen LogP contribution in [0.15, 0.2) is 48.5 Å². The first-order valence-electron chi connectivity index (χ1n) is 10.3. The summed E-state index contributed by atoms with van der Waals surface area (Å²) in [5, 5.41) is 18.3. The number of anilines is 1. The van der Waals surface area contributed by atoms with Crippen molar-refractivity contribution >= 4 is 47.9 Å². The summed E-state index contributed by atoms with van der Waals surface area (Å²) < 4.78 is 0.